The van der Waals surface area contributed by atoms with Gasteiger partial charge in [-0.1, -0.05) is 18.2 Å². The largest absolute Gasteiger partial charge is 0.496 e. The zero-order valence-electron chi connectivity index (χ0n) is 16.9. The van der Waals surface area contributed by atoms with Crippen molar-refractivity contribution in [3.8, 4) is 17.0 Å². The molecule has 0 unspecified atom stereocenters. The van der Waals surface area contributed by atoms with Gasteiger partial charge in [-0.15, -0.1) is 23.1 Å². The lowest BCUT2D eigenvalue weighted by molar-refractivity contribution is -0.131. The fourth-order valence-corrected chi connectivity index (χ4v) is 4.09. The lowest BCUT2D eigenvalue weighted by atomic mass is 10.1. The van der Waals surface area contributed by atoms with Crippen LogP contribution in [0.1, 0.15) is 0 Å². The topological polar surface area (TPSA) is 118 Å². The van der Waals surface area contributed by atoms with Gasteiger partial charge in [-0.2, -0.15) is 0 Å². The fourth-order valence-electron chi connectivity index (χ4n) is 2.61. The van der Waals surface area contributed by atoms with Crippen LogP contribution in [0.3, 0.4) is 0 Å². The van der Waals surface area contributed by atoms with E-state index in [-0.39, 0.29) is 11.7 Å². The second kappa shape index (κ2) is 11.1. The minimum Gasteiger partial charge on any atom is -0.496 e. The smallest absolute Gasteiger partial charge is 0.328 e. The molecule has 8 nitrogen and oxygen atoms in total. The first-order chi connectivity index (χ1) is 15.4. The van der Waals surface area contributed by atoms with Crippen molar-refractivity contribution in [2.24, 2.45) is 0 Å². The number of amides is 2. The van der Waals surface area contributed by atoms with Crippen LogP contribution < -0.4 is 15.4 Å². The highest BCUT2D eigenvalue weighted by Crippen LogP contribution is 2.32. The Morgan fingerprint density at radius 2 is 1.94 bits per heavy atom. The number of carbonyl (C=O) groups excluding carboxylic acids is 2. The van der Waals surface area contributed by atoms with Gasteiger partial charge in [0.2, 0.25) is 11.8 Å². The van der Waals surface area contributed by atoms with Gasteiger partial charge in [0.05, 0.1) is 18.6 Å². The van der Waals surface area contributed by atoms with Crippen LogP contribution >= 0.6 is 23.1 Å². The number of nitrogens with zero attached hydrogens (tertiary/aromatic N) is 1. The number of hydrogen-bond donors (Lipinski definition) is 3. The predicted molar refractivity (Wildman–Crippen MR) is 125 cm³/mol. The van der Waals surface area contributed by atoms with Crippen molar-refractivity contribution in [2.75, 3.05) is 23.5 Å². The highest BCUT2D eigenvalue weighted by Gasteiger charge is 2.12. The second-order valence-electron chi connectivity index (χ2n) is 6.26. The third kappa shape index (κ3) is 6.69. The molecule has 0 spiro atoms. The average molecular weight is 470 g/mol. The number of carboxylic acids is 1. The van der Waals surface area contributed by atoms with Gasteiger partial charge in [0, 0.05) is 33.7 Å². The molecule has 32 heavy (non-hydrogen) atoms. The number of carboxylic acid groups (broad SMARTS) is 1. The molecule has 0 radical (unpaired) electrons. The number of thiazole rings is 1. The number of carbonyl (C=O) groups is 3. The molecule has 3 rings (SSSR count). The van der Waals surface area contributed by atoms with Gasteiger partial charge in [0.15, 0.2) is 5.13 Å². The Morgan fingerprint density at radius 1 is 1.12 bits per heavy atom. The van der Waals surface area contributed by atoms with Crippen LogP contribution in [0.5, 0.6) is 5.75 Å². The van der Waals surface area contributed by atoms with Gasteiger partial charge in [0.1, 0.15) is 5.75 Å². The van der Waals surface area contributed by atoms with Gasteiger partial charge in [-0.25, -0.2) is 9.78 Å². The molecule has 2 aromatic carbocycles. The minimum atomic E-state index is -1.20. The maximum absolute atomic E-state index is 12.3. The number of para-hydroxylation sites is 1. The molecule has 0 fully saturated rings. The summed E-state index contributed by atoms with van der Waals surface area (Å²) in [6.45, 7) is 0. The van der Waals surface area contributed by atoms with Crippen LogP contribution in [0.15, 0.2) is 71.0 Å². The van der Waals surface area contributed by atoms with Gasteiger partial charge in [0.25, 0.3) is 0 Å². The Bertz CT molecular complexity index is 1160. The Hall–Kier alpha value is -3.63. The monoisotopic (exact) mass is 469 g/mol. The summed E-state index contributed by atoms with van der Waals surface area (Å²) < 4.78 is 5.35. The predicted octanol–water partition coefficient (Wildman–Crippen LogP) is 4.13. The summed E-state index contributed by atoms with van der Waals surface area (Å²) in [4.78, 5) is 39.7. The number of hydrogen-bond acceptors (Lipinski definition) is 7. The Kier molecular flexibility index (Phi) is 8.01. The van der Waals surface area contributed by atoms with Crippen LogP contribution in [-0.4, -0.2) is 40.7 Å². The van der Waals surface area contributed by atoms with Crippen molar-refractivity contribution in [2.45, 2.75) is 4.90 Å². The Morgan fingerprint density at radius 3 is 2.72 bits per heavy atom. The van der Waals surface area contributed by atoms with E-state index in [0.717, 1.165) is 28.3 Å². The Labute approximate surface area is 192 Å². The molecule has 0 bridgehead atoms. The number of nitrogens with one attached hydrogen (secondary N) is 2. The van der Waals surface area contributed by atoms with Crippen LogP contribution in [0.25, 0.3) is 11.3 Å². The normalized spacial score (nSPS) is 10.7. The van der Waals surface area contributed by atoms with Crippen LogP contribution in [0.4, 0.5) is 10.8 Å². The zero-order valence-corrected chi connectivity index (χ0v) is 18.5. The van der Waals surface area contributed by atoms with Gasteiger partial charge in [-0.3, -0.25) is 9.59 Å². The van der Waals surface area contributed by atoms with Crippen molar-refractivity contribution >= 4 is 51.7 Å². The summed E-state index contributed by atoms with van der Waals surface area (Å²) >= 11 is 2.62. The SMILES string of the molecule is COc1ccccc1-c1csc(NC(=O)CSc2cccc(NC(=O)/C=C/C(=O)O)c2)n1. The summed E-state index contributed by atoms with van der Waals surface area (Å²) in [7, 11) is 1.60. The summed E-state index contributed by atoms with van der Waals surface area (Å²) in [5, 5.41) is 16.3. The first-order valence-corrected chi connectivity index (χ1v) is 11.1. The van der Waals surface area contributed by atoms with E-state index in [4.69, 9.17) is 9.84 Å². The molecule has 0 atom stereocenters. The molecule has 1 heterocycles. The van der Waals surface area contributed by atoms with Crippen molar-refractivity contribution in [1.82, 2.24) is 4.98 Å². The van der Waals surface area contributed by atoms with Gasteiger partial charge < -0.3 is 20.5 Å². The lowest BCUT2D eigenvalue weighted by Gasteiger charge is -2.06. The summed E-state index contributed by atoms with van der Waals surface area (Å²) in [5.74, 6) is -1.11. The van der Waals surface area contributed by atoms with Gasteiger partial charge in [-0.05, 0) is 30.3 Å². The lowest BCUT2D eigenvalue weighted by Crippen LogP contribution is -2.13. The van der Waals surface area contributed by atoms with E-state index in [2.05, 4.69) is 15.6 Å². The van der Waals surface area contributed by atoms with E-state index in [1.165, 1.54) is 23.1 Å². The molecule has 0 saturated carbocycles. The van der Waals surface area contributed by atoms with Crippen LogP contribution in [0.2, 0.25) is 0 Å². The quantitative estimate of drug-likeness (QED) is 0.319. The molecule has 0 aliphatic carbocycles. The van der Waals surface area contributed by atoms with Crippen LogP contribution in [0, 0.1) is 0 Å². The molecule has 1 aromatic heterocycles. The summed E-state index contributed by atoms with van der Waals surface area (Å²) in [6.07, 6.45) is 1.69. The standard InChI is InChI=1S/C22H19N3O5S2/c1-30-18-8-3-2-7-16(18)17-12-32-22(24-17)25-20(27)13-31-15-6-4-5-14(11-15)23-19(26)9-10-21(28)29/h2-12H,13H2,1H3,(H,23,26)(H,28,29)(H,24,25,27)/b10-9+. The van der Waals surface area contributed by atoms with E-state index >= 15 is 0 Å². The third-order valence-electron chi connectivity index (χ3n) is 3.98. The van der Waals surface area contributed by atoms with E-state index in [1.54, 1.807) is 25.3 Å². The number of aliphatic carboxylic acids is 1. The number of methoxy groups -OCH3 is 1. The van der Waals surface area contributed by atoms with Crippen LogP contribution in [-0.2, 0) is 14.4 Å². The van der Waals surface area contributed by atoms with Crippen molar-refractivity contribution < 1.29 is 24.2 Å². The molecule has 3 N–H and O–H groups in total. The van der Waals surface area contributed by atoms with Crippen molar-refractivity contribution in [1.29, 1.82) is 0 Å². The molecular weight excluding hydrogens is 450 g/mol. The molecule has 0 saturated heterocycles. The number of aromatic nitrogens is 1. The molecule has 10 heteroatoms. The number of thioether (sulfide) groups is 1. The Balaban J connectivity index is 1.55. The average Bonchev–Trinajstić information content (AvgIpc) is 3.24. The maximum Gasteiger partial charge on any atom is 0.328 e. The molecule has 0 aliphatic heterocycles. The highest BCUT2D eigenvalue weighted by atomic mass is 32.2. The molecule has 0 aliphatic rings. The minimum absolute atomic E-state index is 0.153. The maximum atomic E-state index is 12.3. The first kappa shape index (κ1) is 23.0. The molecule has 3 aromatic rings. The second-order valence-corrected chi connectivity index (χ2v) is 8.17. The number of benzene rings is 2. The fraction of sp³-hybridized carbons (Fsp3) is 0.0909. The van der Waals surface area contributed by atoms with Crippen molar-refractivity contribution in [3.63, 3.8) is 0 Å². The number of rotatable bonds is 9. The van der Waals surface area contributed by atoms with E-state index in [9.17, 15) is 14.4 Å². The zero-order chi connectivity index (χ0) is 22.9. The van der Waals surface area contributed by atoms with E-state index in [1.807, 2.05) is 35.7 Å². The number of ether oxygens (including phenoxy) is 1. The summed E-state index contributed by atoms with van der Waals surface area (Å²) in [5.41, 5.74) is 2.06. The summed E-state index contributed by atoms with van der Waals surface area (Å²) in [6, 6.07) is 14.4. The first-order valence-electron chi connectivity index (χ1n) is 9.28. The highest BCUT2D eigenvalue weighted by molar-refractivity contribution is 8.00. The van der Waals surface area contributed by atoms with E-state index in [0.29, 0.717) is 16.6 Å². The van der Waals surface area contributed by atoms with Crippen molar-refractivity contribution in [3.05, 3.63) is 66.1 Å². The number of anilines is 2. The molecular formula is C22H19N3O5S2. The third-order valence-corrected chi connectivity index (χ3v) is 5.73. The van der Waals surface area contributed by atoms with E-state index < -0.39 is 11.9 Å². The van der Waals surface area contributed by atoms with Gasteiger partial charge >= 0.3 is 5.97 Å². The molecule has 164 valence electrons. The molecule has 2 amide bonds.